The highest BCUT2D eigenvalue weighted by molar-refractivity contribution is 7.26. The van der Waals surface area contributed by atoms with Crippen LogP contribution in [-0.2, 0) is 28.9 Å². The summed E-state index contributed by atoms with van der Waals surface area (Å²) in [6, 6.07) is 42.9. The van der Waals surface area contributed by atoms with E-state index in [1.165, 1.54) is 48.4 Å². The van der Waals surface area contributed by atoms with Crippen molar-refractivity contribution in [2.45, 2.75) is 171 Å². The van der Waals surface area contributed by atoms with Crippen molar-refractivity contribution in [2.75, 3.05) is 4.90 Å². The van der Waals surface area contributed by atoms with Crippen LogP contribution in [0.4, 0.5) is 17.1 Å². The number of anilines is 3. The summed E-state index contributed by atoms with van der Waals surface area (Å²) in [4.78, 5) is 47.6. The number of fused-ring (bicyclic) bond motifs is 2. The number of rotatable bonds is 28. The smallest absolute Gasteiger partial charge is 0.346 e. The number of thiophene rings is 2. The zero-order valence-corrected chi connectivity index (χ0v) is 60.2. The summed E-state index contributed by atoms with van der Waals surface area (Å²) in [6.07, 6.45) is 13.5. The highest BCUT2D eigenvalue weighted by Crippen LogP contribution is 2.51. The fraction of sp³-hybridized carbons (Fsp3) is 0.333. The van der Waals surface area contributed by atoms with Crippen molar-refractivity contribution in [3.05, 3.63) is 160 Å². The van der Waals surface area contributed by atoms with Crippen molar-refractivity contribution in [1.82, 2.24) is 40.0 Å². The van der Waals surface area contributed by atoms with Gasteiger partial charge in [0.1, 0.15) is 55.4 Å². The summed E-state index contributed by atoms with van der Waals surface area (Å²) in [7, 11) is 0. The van der Waals surface area contributed by atoms with Crippen molar-refractivity contribution in [3.8, 4) is 73.7 Å². The van der Waals surface area contributed by atoms with Crippen LogP contribution in [0.15, 0.2) is 120 Å². The third kappa shape index (κ3) is 14.3. The Morgan fingerprint density at radius 2 is 0.876 bits per heavy atom. The molecule has 6 aromatic heterocycles. The second-order valence-corrected chi connectivity index (χ2v) is 29.2. The number of carbonyl (C=O) groups is 2. The first-order valence-electron chi connectivity index (χ1n) is 33.8. The van der Waals surface area contributed by atoms with Crippen LogP contribution >= 0.6 is 45.3 Å². The number of nitrogens with zero attached hydrogens (tertiary/aromatic N) is 11. The minimum atomic E-state index is -1.30. The van der Waals surface area contributed by atoms with Gasteiger partial charge in [0, 0.05) is 70.7 Å². The Hall–Kier alpha value is -9.24. The van der Waals surface area contributed by atoms with E-state index in [1.807, 2.05) is 86.8 Å². The topological polar surface area (TPSA) is 213 Å². The number of thiazole rings is 2. The summed E-state index contributed by atoms with van der Waals surface area (Å²) >= 11 is 6.97. The SMILES string of the molecule is CCCCc1ccc(N(c2ccc(-c3sc(-c4sc(-c5ccc(/C=C(\C#N)C(=O)O)c6nn(C(C)C)nc56)nc4C(CC)CC)cc3CCC)cc2)c2ccc(-c3sc(-c4sc(-c5ccc(/C=C(\C#N)C(=O)O)c6nn(C(C)C)nc56)nc4C(CC)CC)cc3CCC)cc2)cc1. The van der Waals surface area contributed by atoms with Crippen LogP contribution in [0.1, 0.15) is 191 Å². The number of aliphatic carboxylic acids is 2. The normalized spacial score (nSPS) is 12.1. The maximum absolute atomic E-state index is 12.0. The molecular weight excluding hydrogens is 1280 g/mol. The van der Waals surface area contributed by atoms with Crippen molar-refractivity contribution < 1.29 is 19.8 Å². The lowest BCUT2D eigenvalue weighted by Gasteiger charge is -2.26. The molecule has 0 aliphatic heterocycles. The van der Waals surface area contributed by atoms with Crippen LogP contribution in [-0.4, -0.2) is 62.1 Å². The first-order chi connectivity index (χ1) is 47.0. The first kappa shape index (κ1) is 69.1. The van der Waals surface area contributed by atoms with Crippen molar-refractivity contribution in [3.63, 3.8) is 0 Å². The molecule has 0 saturated carbocycles. The van der Waals surface area contributed by atoms with Crippen LogP contribution in [0, 0.1) is 22.7 Å². The number of unbranched alkanes of at least 4 members (excludes halogenated alkanes) is 1. The third-order valence-electron chi connectivity index (χ3n) is 17.8. The van der Waals surface area contributed by atoms with Crippen molar-refractivity contribution >= 4 is 109 Å². The van der Waals surface area contributed by atoms with Crippen LogP contribution in [0.3, 0.4) is 0 Å². The number of aromatic nitrogens is 8. The number of nitriles is 2. The second kappa shape index (κ2) is 30.5. The Labute approximate surface area is 583 Å². The van der Waals surface area contributed by atoms with E-state index in [-0.39, 0.29) is 35.1 Å². The second-order valence-electron chi connectivity index (χ2n) is 25.1. The van der Waals surface area contributed by atoms with E-state index in [2.05, 4.69) is 138 Å². The van der Waals surface area contributed by atoms with Gasteiger partial charge in [-0.2, -0.15) is 40.5 Å². The van der Waals surface area contributed by atoms with E-state index < -0.39 is 11.9 Å². The predicted molar refractivity (Wildman–Crippen MR) is 399 cm³/mol. The minimum Gasteiger partial charge on any atom is -0.477 e. The maximum Gasteiger partial charge on any atom is 0.346 e. The van der Waals surface area contributed by atoms with E-state index in [4.69, 9.17) is 30.4 Å². The van der Waals surface area contributed by atoms with Crippen LogP contribution < -0.4 is 4.90 Å². The monoisotopic (exact) mass is 1360 g/mol. The van der Waals surface area contributed by atoms with Crippen LogP contribution in [0.2, 0.25) is 0 Å². The number of carboxylic acids is 2. The zero-order valence-electron chi connectivity index (χ0n) is 56.9. The molecule has 97 heavy (non-hydrogen) atoms. The fourth-order valence-electron chi connectivity index (χ4n) is 12.5. The molecule has 0 amide bonds. The molecule has 15 nitrogen and oxygen atoms in total. The molecule has 6 heterocycles. The van der Waals surface area contributed by atoms with Gasteiger partial charge in [-0.25, -0.2) is 19.6 Å². The quantitative estimate of drug-likeness (QED) is 0.0345. The molecule has 2 N–H and O–H groups in total. The molecule has 496 valence electrons. The van der Waals surface area contributed by atoms with Crippen LogP contribution in [0.5, 0.6) is 0 Å². The van der Waals surface area contributed by atoms with Gasteiger partial charge in [-0.1, -0.05) is 116 Å². The third-order valence-corrected chi connectivity index (χ3v) is 22.8. The fourth-order valence-corrected chi connectivity index (χ4v) is 17.5. The number of aryl methyl sites for hydroxylation is 3. The van der Waals surface area contributed by atoms with Gasteiger partial charge in [0.05, 0.1) is 33.2 Å². The summed E-state index contributed by atoms with van der Waals surface area (Å²) in [5.41, 5.74) is 15.7. The van der Waals surface area contributed by atoms with Gasteiger partial charge in [-0.05, 0) is 180 Å². The number of carboxylic acid groups (broad SMARTS) is 2. The molecule has 19 heteroatoms. The molecule has 5 aromatic carbocycles. The Bertz CT molecular complexity index is 4550. The van der Waals surface area contributed by atoms with Crippen molar-refractivity contribution in [2.24, 2.45) is 0 Å². The average Bonchev–Trinajstić information content (AvgIpc) is 1.48. The van der Waals surface area contributed by atoms with E-state index >= 15 is 0 Å². The number of hydrogen-bond acceptors (Lipinski definition) is 15. The Kier molecular flexibility index (Phi) is 21.7. The lowest BCUT2D eigenvalue weighted by Crippen LogP contribution is -2.10. The minimum absolute atomic E-state index is 0.0619. The molecule has 0 spiro atoms. The first-order valence-corrected chi connectivity index (χ1v) is 37.1. The molecule has 0 bridgehead atoms. The average molecular weight is 1360 g/mol. The molecule has 0 atom stereocenters. The highest BCUT2D eigenvalue weighted by atomic mass is 32.1. The maximum atomic E-state index is 12.0. The Morgan fingerprint density at radius 1 is 0.495 bits per heavy atom. The van der Waals surface area contributed by atoms with Gasteiger partial charge in [0.15, 0.2) is 0 Å². The lowest BCUT2D eigenvalue weighted by atomic mass is 9.97. The molecule has 11 rings (SSSR count). The summed E-state index contributed by atoms with van der Waals surface area (Å²) in [5.74, 6) is -2.16. The number of benzene rings is 5. The molecular formula is C78H81N11O4S4. The van der Waals surface area contributed by atoms with E-state index in [0.29, 0.717) is 33.2 Å². The van der Waals surface area contributed by atoms with Gasteiger partial charge >= 0.3 is 11.9 Å². The standard InChI is InChI=1S/C78H81N11O4S4/c1-12-19-22-47-23-31-58(32-24-47)87(59-33-25-50(26-34-59)71-54(20-13-2)41-63(94-71)73-67(48(15-4)16-5)81-75(96-73)61-37-29-52(39-56(43-79)77(90)91)65-69(61)85-88(83-65)45(8)9)60-35-27-51(28-36-60)72-55(21-14-3)42-64(95-72)74-68(49(17-6)18-7)82-76(97-74)62-38-30-53(40-57(44-80)78(92)93)66-70(62)86-89(84-66)46(10)11/h23-42,45-46,48-49H,12-22H2,1-11H3,(H,90,91)(H,92,93)/b56-39+,57-40+. The molecule has 0 aliphatic carbocycles. The zero-order chi connectivity index (χ0) is 68.8. The van der Waals surface area contributed by atoms with Gasteiger partial charge in [0.2, 0.25) is 0 Å². The van der Waals surface area contributed by atoms with E-state index in [9.17, 15) is 30.3 Å². The van der Waals surface area contributed by atoms with Crippen molar-refractivity contribution in [1.29, 1.82) is 10.5 Å². The predicted octanol–water partition coefficient (Wildman–Crippen LogP) is 21.9. The van der Waals surface area contributed by atoms with E-state index in [0.717, 1.165) is 141 Å². The largest absolute Gasteiger partial charge is 0.477 e. The molecule has 0 radical (unpaired) electrons. The summed E-state index contributed by atoms with van der Waals surface area (Å²) in [5, 5.41) is 60.1. The van der Waals surface area contributed by atoms with Gasteiger partial charge in [-0.15, -0.1) is 45.3 Å². The van der Waals surface area contributed by atoms with Gasteiger partial charge in [-0.3, -0.25) is 0 Å². The Balaban J connectivity index is 0.957. The molecule has 0 unspecified atom stereocenters. The molecule has 0 fully saturated rings. The van der Waals surface area contributed by atoms with Gasteiger partial charge < -0.3 is 15.1 Å². The number of hydrogen-bond donors (Lipinski definition) is 2. The summed E-state index contributed by atoms with van der Waals surface area (Å²) < 4.78 is 0. The molecule has 0 aliphatic rings. The lowest BCUT2D eigenvalue weighted by molar-refractivity contribution is -0.133. The molecule has 0 saturated heterocycles. The van der Waals surface area contributed by atoms with Crippen LogP contribution in [0.25, 0.3) is 95.8 Å². The Morgan fingerprint density at radius 3 is 1.22 bits per heavy atom. The summed E-state index contributed by atoms with van der Waals surface area (Å²) in [6.45, 7) is 23.6. The van der Waals surface area contributed by atoms with Gasteiger partial charge in [0.25, 0.3) is 0 Å². The highest BCUT2D eigenvalue weighted by Gasteiger charge is 2.29. The molecule has 11 aromatic rings. The van der Waals surface area contributed by atoms with E-state index in [1.54, 1.807) is 32.3 Å².